The van der Waals surface area contributed by atoms with Gasteiger partial charge in [-0.1, -0.05) is 11.6 Å². The van der Waals surface area contributed by atoms with Crippen LogP contribution in [0.15, 0.2) is 24.4 Å². The molecule has 0 atom stereocenters. The number of fused-ring (bicyclic) bond motifs is 2. The minimum atomic E-state index is -0.610. The maximum Gasteiger partial charge on any atom is 0.185 e. The molecule has 0 aliphatic heterocycles. The molecule has 138 valence electrons. The molecule has 5 nitrogen and oxygen atoms in total. The van der Waals surface area contributed by atoms with Crippen molar-refractivity contribution in [1.29, 1.82) is 0 Å². The van der Waals surface area contributed by atoms with Gasteiger partial charge in [0.2, 0.25) is 0 Å². The lowest BCUT2D eigenvalue weighted by atomic mass is 10.1. The second-order valence-electron chi connectivity index (χ2n) is 6.05. The zero-order valence-electron chi connectivity index (χ0n) is 14.8. The Morgan fingerprint density at radius 2 is 1.96 bits per heavy atom. The molecule has 0 amide bonds. The van der Waals surface area contributed by atoms with Crippen LogP contribution in [-0.4, -0.2) is 29.2 Å². The summed E-state index contributed by atoms with van der Waals surface area (Å²) in [5, 5.41) is 0.708. The first-order chi connectivity index (χ1) is 13.0. The molecule has 0 radical (unpaired) electrons. The minimum absolute atomic E-state index is 0.00708. The number of halogens is 2. The first-order valence-corrected chi connectivity index (χ1v) is 9.29. The molecule has 0 saturated heterocycles. The summed E-state index contributed by atoms with van der Waals surface area (Å²) in [5.74, 6) is -0.563. The van der Waals surface area contributed by atoms with Gasteiger partial charge in [-0.3, -0.25) is 4.98 Å². The van der Waals surface area contributed by atoms with E-state index in [4.69, 9.17) is 21.1 Å². The van der Waals surface area contributed by atoms with Crippen molar-refractivity contribution in [2.45, 2.75) is 13.5 Å². The lowest BCUT2D eigenvalue weighted by molar-refractivity contribution is 0.181. The van der Waals surface area contributed by atoms with Gasteiger partial charge in [0.1, 0.15) is 10.5 Å². The molecule has 0 aliphatic rings. The Labute approximate surface area is 163 Å². The molecular formula is C19H15ClFN3O2S. The third-order valence-electron chi connectivity index (χ3n) is 4.10. The van der Waals surface area contributed by atoms with Gasteiger partial charge in [0.25, 0.3) is 0 Å². The van der Waals surface area contributed by atoms with Crippen molar-refractivity contribution in [2.75, 3.05) is 14.2 Å². The third kappa shape index (κ3) is 3.12. The highest BCUT2D eigenvalue weighted by molar-refractivity contribution is 7.21. The van der Waals surface area contributed by atoms with Crippen molar-refractivity contribution < 1.29 is 13.9 Å². The molecule has 4 rings (SSSR count). The number of aromatic nitrogens is 3. The molecule has 0 fully saturated rings. The highest BCUT2D eigenvalue weighted by Crippen LogP contribution is 2.40. The summed E-state index contributed by atoms with van der Waals surface area (Å²) in [7, 11) is 3.02. The van der Waals surface area contributed by atoms with E-state index in [2.05, 4.69) is 15.0 Å². The summed E-state index contributed by atoms with van der Waals surface area (Å²) in [5.41, 5.74) is 4.54. The van der Waals surface area contributed by atoms with Crippen LogP contribution in [-0.2, 0) is 11.3 Å². The number of benzene rings is 2. The number of hydrogen-bond acceptors (Lipinski definition) is 6. The molecule has 0 aliphatic carbocycles. The predicted octanol–water partition coefficient (Wildman–Crippen LogP) is 5.16. The molecule has 2 aromatic carbocycles. The van der Waals surface area contributed by atoms with Crippen LogP contribution < -0.4 is 4.74 Å². The van der Waals surface area contributed by atoms with Gasteiger partial charge in [-0.05, 0) is 30.7 Å². The molecule has 0 N–H and O–H groups in total. The van der Waals surface area contributed by atoms with Gasteiger partial charge in [-0.2, -0.15) is 0 Å². The van der Waals surface area contributed by atoms with Crippen LogP contribution in [0.4, 0.5) is 4.39 Å². The SMILES string of the molecule is COCc1cnc2c(-c3nc4c(OC)c(F)c(Cl)cc4s3)cc(C)cc2n1. The van der Waals surface area contributed by atoms with E-state index in [1.54, 1.807) is 19.4 Å². The molecule has 0 unspecified atom stereocenters. The van der Waals surface area contributed by atoms with Gasteiger partial charge in [0.05, 0.1) is 46.4 Å². The molecule has 0 saturated carbocycles. The Bertz CT molecular complexity index is 1180. The molecule has 4 aromatic rings. The molecular weight excluding hydrogens is 389 g/mol. The van der Waals surface area contributed by atoms with E-state index >= 15 is 0 Å². The van der Waals surface area contributed by atoms with Crippen LogP contribution in [0.2, 0.25) is 5.02 Å². The largest absolute Gasteiger partial charge is 0.491 e. The maximum atomic E-state index is 14.3. The van der Waals surface area contributed by atoms with Gasteiger partial charge < -0.3 is 9.47 Å². The fourth-order valence-corrected chi connectivity index (χ4v) is 4.25. The lowest BCUT2D eigenvalue weighted by Crippen LogP contribution is -1.96. The number of aryl methyl sites for hydroxylation is 1. The molecule has 0 spiro atoms. The summed E-state index contributed by atoms with van der Waals surface area (Å²) < 4.78 is 25.3. The van der Waals surface area contributed by atoms with E-state index < -0.39 is 5.82 Å². The fraction of sp³-hybridized carbons (Fsp3) is 0.211. The molecule has 2 aromatic heterocycles. The molecule has 27 heavy (non-hydrogen) atoms. The number of thiazole rings is 1. The van der Waals surface area contributed by atoms with Gasteiger partial charge in [-0.25, -0.2) is 14.4 Å². The first-order valence-electron chi connectivity index (χ1n) is 8.10. The van der Waals surface area contributed by atoms with E-state index in [0.29, 0.717) is 17.1 Å². The second-order valence-corrected chi connectivity index (χ2v) is 7.48. The van der Waals surface area contributed by atoms with E-state index in [1.807, 2.05) is 19.1 Å². The molecule has 8 heteroatoms. The van der Waals surface area contributed by atoms with Crippen LogP contribution in [0.3, 0.4) is 0 Å². The summed E-state index contributed by atoms with van der Waals surface area (Å²) in [4.78, 5) is 13.8. The van der Waals surface area contributed by atoms with Crippen molar-refractivity contribution in [3.63, 3.8) is 0 Å². The van der Waals surface area contributed by atoms with Crippen molar-refractivity contribution >= 4 is 44.2 Å². The van der Waals surface area contributed by atoms with Crippen molar-refractivity contribution in [3.8, 4) is 16.3 Å². The van der Waals surface area contributed by atoms with Crippen LogP contribution in [0.1, 0.15) is 11.3 Å². The number of hydrogen-bond donors (Lipinski definition) is 0. The Morgan fingerprint density at radius 1 is 1.15 bits per heavy atom. The fourth-order valence-electron chi connectivity index (χ4n) is 2.97. The Morgan fingerprint density at radius 3 is 2.70 bits per heavy atom. The van der Waals surface area contributed by atoms with Crippen molar-refractivity contribution in [1.82, 2.24) is 15.0 Å². The highest BCUT2D eigenvalue weighted by Gasteiger charge is 2.19. The smallest absolute Gasteiger partial charge is 0.185 e. The quantitative estimate of drug-likeness (QED) is 0.471. The van der Waals surface area contributed by atoms with Crippen LogP contribution >= 0.6 is 22.9 Å². The zero-order chi connectivity index (χ0) is 19.1. The average molecular weight is 404 g/mol. The Balaban J connectivity index is 1.96. The molecule has 0 bridgehead atoms. The van der Waals surface area contributed by atoms with E-state index in [0.717, 1.165) is 32.6 Å². The predicted molar refractivity (Wildman–Crippen MR) is 105 cm³/mol. The topological polar surface area (TPSA) is 57.1 Å². The Kier molecular flexibility index (Phi) is 4.67. The first kappa shape index (κ1) is 18.0. The minimum Gasteiger partial charge on any atom is -0.491 e. The summed E-state index contributed by atoms with van der Waals surface area (Å²) >= 11 is 7.39. The highest BCUT2D eigenvalue weighted by atomic mass is 35.5. The van der Waals surface area contributed by atoms with Crippen LogP contribution in [0.5, 0.6) is 5.75 Å². The average Bonchev–Trinajstić information content (AvgIpc) is 3.05. The van der Waals surface area contributed by atoms with Crippen molar-refractivity contribution in [2.24, 2.45) is 0 Å². The molecule has 2 heterocycles. The van der Waals surface area contributed by atoms with Gasteiger partial charge in [0.15, 0.2) is 11.6 Å². The zero-order valence-corrected chi connectivity index (χ0v) is 16.4. The third-order valence-corrected chi connectivity index (χ3v) is 5.41. The summed E-state index contributed by atoms with van der Waals surface area (Å²) in [6.45, 7) is 2.38. The van der Waals surface area contributed by atoms with Crippen molar-refractivity contribution in [3.05, 3.63) is 46.5 Å². The number of rotatable bonds is 4. The second kappa shape index (κ2) is 6.99. The van der Waals surface area contributed by atoms with E-state index in [-0.39, 0.29) is 10.8 Å². The van der Waals surface area contributed by atoms with Gasteiger partial charge in [0, 0.05) is 12.7 Å². The monoisotopic (exact) mass is 403 g/mol. The number of ether oxygens (including phenoxy) is 2. The van der Waals surface area contributed by atoms with Gasteiger partial charge in [-0.15, -0.1) is 11.3 Å². The number of nitrogens with zero attached hydrogens (tertiary/aromatic N) is 3. The lowest BCUT2D eigenvalue weighted by Gasteiger charge is -2.06. The van der Waals surface area contributed by atoms with E-state index in [9.17, 15) is 4.39 Å². The van der Waals surface area contributed by atoms with Crippen LogP contribution in [0, 0.1) is 12.7 Å². The van der Waals surface area contributed by atoms with Gasteiger partial charge >= 0.3 is 0 Å². The normalized spacial score (nSPS) is 11.4. The Hall–Kier alpha value is -2.35. The van der Waals surface area contributed by atoms with Crippen LogP contribution in [0.25, 0.3) is 31.8 Å². The number of methoxy groups -OCH3 is 2. The summed E-state index contributed by atoms with van der Waals surface area (Å²) in [6.07, 6.45) is 1.69. The van der Waals surface area contributed by atoms with E-state index in [1.165, 1.54) is 18.4 Å². The summed E-state index contributed by atoms with van der Waals surface area (Å²) in [6, 6.07) is 5.53. The maximum absolute atomic E-state index is 14.3. The standard InChI is InChI=1S/C19H15ClFN3O2S/c1-9-4-11(16-13(5-9)23-10(7-22-16)8-25-2)19-24-17-14(27-19)6-12(20)15(21)18(17)26-3/h4-7H,8H2,1-3H3.